The molecule has 1 amide bonds. The average Bonchev–Trinajstić information content (AvgIpc) is 2.34. The summed E-state index contributed by atoms with van der Waals surface area (Å²) in [6, 6.07) is 3.26. The van der Waals surface area contributed by atoms with Gasteiger partial charge in [0.25, 0.3) is 5.91 Å². The molecule has 0 saturated carbocycles. The van der Waals surface area contributed by atoms with Crippen LogP contribution < -0.4 is 10.1 Å². The zero-order valence-electron chi connectivity index (χ0n) is 9.18. The maximum atomic E-state index is 13.3. The lowest BCUT2D eigenvalue weighted by atomic mass is 10.3. The van der Waals surface area contributed by atoms with Crippen molar-refractivity contribution in [1.29, 1.82) is 0 Å². The van der Waals surface area contributed by atoms with Gasteiger partial charge in [0, 0.05) is 6.07 Å². The summed E-state index contributed by atoms with van der Waals surface area (Å²) in [7, 11) is 0. The Bertz CT molecular complexity index is 510. The van der Waals surface area contributed by atoms with Crippen LogP contribution in [0.4, 0.5) is 10.1 Å². The number of nitrogens with one attached hydrogen (secondary N) is 1. The summed E-state index contributed by atoms with van der Waals surface area (Å²) >= 11 is 0. The van der Waals surface area contributed by atoms with Gasteiger partial charge in [-0.2, -0.15) is 0 Å². The van der Waals surface area contributed by atoms with Gasteiger partial charge in [-0.05, 0) is 6.07 Å². The summed E-state index contributed by atoms with van der Waals surface area (Å²) in [5, 5.41) is 12.9. The highest BCUT2D eigenvalue weighted by Gasteiger charge is 2.20. The number of hydrogen-bond donors (Lipinski definition) is 1. The van der Waals surface area contributed by atoms with Crippen LogP contribution in [0.3, 0.4) is 0 Å². The van der Waals surface area contributed by atoms with E-state index < -0.39 is 34.7 Å². The van der Waals surface area contributed by atoms with Gasteiger partial charge in [-0.1, -0.05) is 12.0 Å². The van der Waals surface area contributed by atoms with Gasteiger partial charge in [-0.15, -0.1) is 6.42 Å². The van der Waals surface area contributed by atoms with Crippen LogP contribution in [0.2, 0.25) is 0 Å². The normalized spacial score (nSPS) is 9.33. The van der Waals surface area contributed by atoms with E-state index in [2.05, 4.69) is 11.2 Å². The smallest absolute Gasteiger partial charge is 0.314 e. The Balaban J connectivity index is 2.76. The molecule has 0 unspecified atom stereocenters. The minimum atomic E-state index is -0.908. The molecule has 1 rings (SSSR count). The van der Waals surface area contributed by atoms with Gasteiger partial charge < -0.3 is 10.1 Å². The molecule has 0 aliphatic rings. The molecule has 0 heterocycles. The monoisotopic (exact) mass is 252 g/mol. The third kappa shape index (κ3) is 3.45. The van der Waals surface area contributed by atoms with E-state index >= 15 is 0 Å². The summed E-state index contributed by atoms with van der Waals surface area (Å²) < 4.78 is 18.1. The summed E-state index contributed by atoms with van der Waals surface area (Å²) in [4.78, 5) is 21.0. The van der Waals surface area contributed by atoms with Gasteiger partial charge in [0.1, 0.15) is 0 Å². The minimum Gasteiger partial charge on any atom is -0.475 e. The standard InChI is InChI=1S/C11H9FN2O4/c1-2-6-13-10(15)7-18-11-8(12)4-3-5-9(11)14(16)17/h1,3-5H,6-7H2,(H,13,15). The van der Waals surface area contributed by atoms with Crippen molar-refractivity contribution in [2.45, 2.75) is 0 Å². The van der Waals surface area contributed by atoms with E-state index in [9.17, 15) is 19.3 Å². The molecule has 0 saturated heterocycles. The van der Waals surface area contributed by atoms with E-state index in [1.165, 1.54) is 6.07 Å². The molecule has 18 heavy (non-hydrogen) atoms. The van der Waals surface area contributed by atoms with E-state index in [1.807, 2.05) is 0 Å². The fourth-order valence-electron chi connectivity index (χ4n) is 1.12. The molecule has 0 atom stereocenters. The quantitative estimate of drug-likeness (QED) is 0.478. The summed E-state index contributed by atoms with van der Waals surface area (Å²) in [5.74, 6) is 0.0965. The molecule has 1 N–H and O–H groups in total. The van der Waals surface area contributed by atoms with Gasteiger partial charge in [0.05, 0.1) is 11.5 Å². The number of hydrogen-bond acceptors (Lipinski definition) is 4. The summed E-state index contributed by atoms with van der Waals surface area (Å²) in [6.45, 7) is -0.551. The molecule has 0 fully saturated rings. The van der Waals surface area contributed by atoms with E-state index in [4.69, 9.17) is 11.2 Å². The summed E-state index contributed by atoms with van der Waals surface area (Å²) in [5.41, 5.74) is -0.542. The number of ether oxygens (including phenoxy) is 1. The van der Waals surface area contributed by atoms with Crippen LogP contribution in [-0.2, 0) is 4.79 Å². The predicted octanol–water partition coefficient (Wildman–Crippen LogP) is 0.862. The second-order valence-electron chi connectivity index (χ2n) is 3.11. The Hall–Kier alpha value is -2.62. The average molecular weight is 252 g/mol. The van der Waals surface area contributed by atoms with Gasteiger partial charge in [-0.25, -0.2) is 4.39 Å². The van der Waals surface area contributed by atoms with E-state index in [-0.39, 0.29) is 6.54 Å². The van der Waals surface area contributed by atoms with Crippen LogP contribution in [0.15, 0.2) is 18.2 Å². The van der Waals surface area contributed by atoms with Crippen molar-refractivity contribution in [2.24, 2.45) is 0 Å². The molecular weight excluding hydrogens is 243 g/mol. The number of benzene rings is 1. The molecule has 0 spiro atoms. The zero-order valence-corrected chi connectivity index (χ0v) is 9.18. The Morgan fingerprint density at radius 1 is 1.61 bits per heavy atom. The highest BCUT2D eigenvalue weighted by Crippen LogP contribution is 2.29. The lowest BCUT2D eigenvalue weighted by Crippen LogP contribution is -2.29. The first-order chi connectivity index (χ1) is 8.56. The van der Waals surface area contributed by atoms with Gasteiger partial charge >= 0.3 is 5.69 Å². The number of nitrogens with zero attached hydrogens (tertiary/aromatic N) is 1. The highest BCUT2D eigenvalue weighted by molar-refractivity contribution is 5.77. The maximum absolute atomic E-state index is 13.3. The fraction of sp³-hybridized carbons (Fsp3) is 0.182. The molecule has 0 aliphatic heterocycles. The number of halogens is 1. The van der Waals surface area contributed by atoms with Crippen LogP contribution in [0.1, 0.15) is 0 Å². The topological polar surface area (TPSA) is 81.5 Å². The highest BCUT2D eigenvalue weighted by atomic mass is 19.1. The van der Waals surface area contributed by atoms with Crippen molar-refractivity contribution in [3.8, 4) is 18.1 Å². The first-order valence-corrected chi connectivity index (χ1v) is 4.82. The molecule has 0 radical (unpaired) electrons. The fourth-order valence-corrected chi connectivity index (χ4v) is 1.12. The number of rotatable bonds is 5. The van der Waals surface area contributed by atoms with Gasteiger partial charge in [0.15, 0.2) is 12.4 Å². The Kier molecular flexibility index (Phi) is 4.63. The number of nitro groups is 1. The molecule has 0 bridgehead atoms. The van der Waals surface area contributed by atoms with Crippen LogP contribution in [0.5, 0.6) is 5.75 Å². The number of amides is 1. The first-order valence-electron chi connectivity index (χ1n) is 4.82. The van der Waals surface area contributed by atoms with Crippen LogP contribution in [-0.4, -0.2) is 24.0 Å². The Labute approximate surface area is 102 Å². The lowest BCUT2D eigenvalue weighted by Gasteiger charge is -2.07. The molecule has 0 aromatic heterocycles. The Morgan fingerprint density at radius 3 is 2.94 bits per heavy atom. The van der Waals surface area contributed by atoms with Gasteiger partial charge in [-0.3, -0.25) is 14.9 Å². The van der Waals surface area contributed by atoms with Crippen LogP contribution in [0, 0.1) is 28.3 Å². The molecule has 1 aromatic rings. The molecule has 1 aromatic carbocycles. The largest absolute Gasteiger partial charge is 0.475 e. The van der Waals surface area contributed by atoms with Gasteiger partial charge in [0.2, 0.25) is 5.75 Å². The third-order valence-corrected chi connectivity index (χ3v) is 1.88. The van der Waals surface area contributed by atoms with Crippen molar-refractivity contribution >= 4 is 11.6 Å². The van der Waals surface area contributed by atoms with Crippen molar-refractivity contribution in [2.75, 3.05) is 13.2 Å². The molecule has 7 heteroatoms. The lowest BCUT2D eigenvalue weighted by molar-refractivity contribution is -0.386. The molecule has 6 nitrogen and oxygen atoms in total. The SMILES string of the molecule is C#CCNC(=O)COc1c(F)cccc1[N+](=O)[O-]. The number of carbonyl (C=O) groups is 1. The van der Waals surface area contributed by atoms with Crippen molar-refractivity contribution in [3.05, 3.63) is 34.1 Å². The number of nitro benzene ring substituents is 1. The number of terminal acetylenes is 1. The van der Waals surface area contributed by atoms with E-state index in [0.29, 0.717) is 0 Å². The molecule has 0 aliphatic carbocycles. The number of para-hydroxylation sites is 1. The van der Waals surface area contributed by atoms with Crippen molar-refractivity contribution in [1.82, 2.24) is 5.32 Å². The predicted molar refractivity (Wildman–Crippen MR) is 60.4 cm³/mol. The molecule has 94 valence electrons. The molecular formula is C11H9FN2O4. The minimum absolute atomic E-state index is 0.00155. The third-order valence-electron chi connectivity index (χ3n) is 1.88. The second-order valence-corrected chi connectivity index (χ2v) is 3.11. The maximum Gasteiger partial charge on any atom is 0.314 e. The van der Waals surface area contributed by atoms with Crippen molar-refractivity contribution in [3.63, 3.8) is 0 Å². The zero-order chi connectivity index (χ0) is 13.5. The van der Waals surface area contributed by atoms with Crippen molar-refractivity contribution < 1.29 is 18.8 Å². The first kappa shape index (κ1) is 13.4. The van der Waals surface area contributed by atoms with Crippen LogP contribution >= 0.6 is 0 Å². The van der Waals surface area contributed by atoms with E-state index in [1.54, 1.807) is 0 Å². The van der Waals surface area contributed by atoms with Crippen LogP contribution in [0.25, 0.3) is 0 Å². The number of carbonyl (C=O) groups excluding carboxylic acids is 1. The summed E-state index contributed by atoms with van der Waals surface area (Å²) in [6.07, 6.45) is 4.92. The van der Waals surface area contributed by atoms with E-state index in [0.717, 1.165) is 12.1 Å². The Morgan fingerprint density at radius 2 is 2.33 bits per heavy atom. The second kappa shape index (κ2) is 6.20.